The highest BCUT2D eigenvalue weighted by Gasteiger charge is 2.04. The zero-order valence-electron chi connectivity index (χ0n) is 11.9. The Labute approximate surface area is 131 Å². The fourth-order valence-corrected chi connectivity index (χ4v) is 1.69. The number of halogens is 1. The van der Waals surface area contributed by atoms with Crippen LogP contribution >= 0.6 is 0 Å². The number of rotatable bonds is 6. The molecule has 118 valence electrons. The maximum absolute atomic E-state index is 12.7. The van der Waals surface area contributed by atoms with E-state index in [0.717, 1.165) is 0 Å². The first kappa shape index (κ1) is 16.1. The highest BCUT2D eigenvalue weighted by Crippen LogP contribution is 2.11. The number of hydrazone groups is 1. The monoisotopic (exact) mass is 316 g/mol. The Balaban J connectivity index is 1.83. The van der Waals surface area contributed by atoms with E-state index < -0.39 is 10.8 Å². The highest BCUT2D eigenvalue weighted by atomic mass is 19.1. The summed E-state index contributed by atoms with van der Waals surface area (Å²) in [6, 6.07) is 11.4. The summed E-state index contributed by atoms with van der Waals surface area (Å²) >= 11 is 0. The summed E-state index contributed by atoms with van der Waals surface area (Å²) in [7, 11) is 0. The minimum Gasteiger partial charge on any atom is -0.376 e. The van der Waals surface area contributed by atoms with E-state index in [9.17, 15) is 19.3 Å². The molecule has 0 saturated heterocycles. The van der Waals surface area contributed by atoms with Crippen molar-refractivity contribution >= 4 is 23.5 Å². The minimum absolute atomic E-state index is 0.0437. The third-order valence-corrected chi connectivity index (χ3v) is 2.78. The summed E-state index contributed by atoms with van der Waals surface area (Å²) in [4.78, 5) is 21.7. The molecule has 0 saturated carbocycles. The lowest BCUT2D eigenvalue weighted by atomic mass is 10.2. The number of carbonyl (C=O) groups excluding carboxylic acids is 1. The standard InChI is InChI=1S/C15H13FN4O3/c16-12-4-6-13(7-5-12)17-10-15(21)19-18-9-11-2-1-3-14(8-11)20(22)23/h1-9,17H,10H2,(H,19,21)/b18-9-. The fourth-order valence-electron chi connectivity index (χ4n) is 1.69. The second-order valence-corrected chi connectivity index (χ2v) is 4.51. The van der Waals surface area contributed by atoms with Crippen molar-refractivity contribution in [1.82, 2.24) is 5.43 Å². The number of benzene rings is 2. The molecule has 2 aromatic rings. The molecular weight excluding hydrogens is 303 g/mol. The average Bonchev–Trinajstić information content (AvgIpc) is 2.54. The van der Waals surface area contributed by atoms with Gasteiger partial charge < -0.3 is 5.32 Å². The number of carbonyl (C=O) groups is 1. The number of nitrogens with zero attached hydrogens (tertiary/aromatic N) is 2. The van der Waals surface area contributed by atoms with Gasteiger partial charge in [-0.15, -0.1) is 0 Å². The van der Waals surface area contributed by atoms with Crippen LogP contribution in [0.2, 0.25) is 0 Å². The molecule has 0 radical (unpaired) electrons. The van der Waals surface area contributed by atoms with Crippen molar-refractivity contribution in [2.45, 2.75) is 0 Å². The molecule has 8 heteroatoms. The van der Waals surface area contributed by atoms with E-state index in [0.29, 0.717) is 11.3 Å². The van der Waals surface area contributed by atoms with Crippen molar-refractivity contribution in [1.29, 1.82) is 0 Å². The molecule has 0 heterocycles. The summed E-state index contributed by atoms with van der Waals surface area (Å²) in [5.41, 5.74) is 3.32. The van der Waals surface area contributed by atoms with Gasteiger partial charge in [0.2, 0.25) is 0 Å². The molecule has 0 aliphatic heterocycles. The Morgan fingerprint density at radius 2 is 2.00 bits per heavy atom. The van der Waals surface area contributed by atoms with Crippen molar-refractivity contribution in [3.63, 3.8) is 0 Å². The van der Waals surface area contributed by atoms with E-state index in [1.54, 1.807) is 6.07 Å². The van der Waals surface area contributed by atoms with Crippen molar-refractivity contribution in [3.8, 4) is 0 Å². The fraction of sp³-hybridized carbons (Fsp3) is 0.0667. The quantitative estimate of drug-likeness (QED) is 0.485. The van der Waals surface area contributed by atoms with Gasteiger partial charge >= 0.3 is 0 Å². The molecular formula is C15H13FN4O3. The van der Waals surface area contributed by atoms with Gasteiger partial charge in [-0.1, -0.05) is 12.1 Å². The molecule has 0 spiro atoms. The Morgan fingerprint density at radius 3 is 2.70 bits per heavy atom. The van der Waals surface area contributed by atoms with Gasteiger partial charge in [0.05, 0.1) is 17.7 Å². The number of nitro benzene ring substituents is 1. The molecule has 23 heavy (non-hydrogen) atoms. The van der Waals surface area contributed by atoms with Gasteiger partial charge in [-0.05, 0) is 24.3 Å². The second kappa shape index (κ2) is 7.64. The number of hydrogen-bond donors (Lipinski definition) is 2. The molecule has 2 rings (SSSR count). The summed E-state index contributed by atoms with van der Waals surface area (Å²) in [6.45, 7) is -0.0437. The number of nitro groups is 1. The maximum Gasteiger partial charge on any atom is 0.270 e. The van der Waals surface area contributed by atoms with Gasteiger partial charge in [0.1, 0.15) is 5.82 Å². The number of amides is 1. The maximum atomic E-state index is 12.7. The van der Waals surface area contributed by atoms with Crippen molar-refractivity contribution in [2.24, 2.45) is 5.10 Å². The van der Waals surface area contributed by atoms with Crippen molar-refractivity contribution in [2.75, 3.05) is 11.9 Å². The summed E-state index contributed by atoms with van der Waals surface area (Å²) < 4.78 is 12.7. The molecule has 7 nitrogen and oxygen atoms in total. The Morgan fingerprint density at radius 1 is 1.26 bits per heavy atom. The third kappa shape index (κ3) is 5.20. The molecule has 0 bridgehead atoms. The summed E-state index contributed by atoms with van der Waals surface area (Å²) in [5, 5.41) is 17.2. The first-order valence-electron chi connectivity index (χ1n) is 6.60. The Hall–Kier alpha value is -3.29. The predicted molar refractivity (Wildman–Crippen MR) is 83.7 cm³/mol. The van der Waals surface area contributed by atoms with Gasteiger partial charge in [0.25, 0.3) is 11.6 Å². The zero-order valence-corrected chi connectivity index (χ0v) is 11.9. The van der Waals surface area contributed by atoms with E-state index in [1.807, 2.05) is 0 Å². The molecule has 1 amide bonds. The number of nitrogens with one attached hydrogen (secondary N) is 2. The Kier molecular flexibility index (Phi) is 5.35. The van der Waals surface area contributed by atoms with Crippen LogP contribution in [0.3, 0.4) is 0 Å². The number of anilines is 1. The molecule has 0 aromatic heterocycles. The predicted octanol–water partition coefficient (Wildman–Crippen LogP) is 2.30. The van der Waals surface area contributed by atoms with Gasteiger partial charge in [0, 0.05) is 23.4 Å². The van der Waals surface area contributed by atoms with Gasteiger partial charge in [-0.25, -0.2) is 9.82 Å². The molecule has 2 N–H and O–H groups in total. The molecule has 2 aromatic carbocycles. The lowest BCUT2D eigenvalue weighted by molar-refractivity contribution is -0.384. The molecule has 0 unspecified atom stereocenters. The Bertz CT molecular complexity index is 732. The van der Waals surface area contributed by atoms with Crippen LogP contribution in [0.25, 0.3) is 0 Å². The van der Waals surface area contributed by atoms with Crippen LogP contribution in [0.5, 0.6) is 0 Å². The summed E-state index contributed by atoms with van der Waals surface area (Å²) in [5.74, 6) is -0.766. The molecule has 0 aliphatic carbocycles. The van der Waals surface area contributed by atoms with Gasteiger partial charge in [-0.2, -0.15) is 5.10 Å². The lowest BCUT2D eigenvalue weighted by Crippen LogP contribution is -2.25. The molecule has 0 fully saturated rings. The van der Waals surface area contributed by atoms with Crippen LogP contribution in [0.1, 0.15) is 5.56 Å². The van der Waals surface area contributed by atoms with Gasteiger partial charge in [0.15, 0.2) is 0 Å². The summed E-state index contributed by atoms with van der Waals surface area (Å²) in [6.07, 6.45) is 1.31. The first-order valence-corrected chi connectivity index (χ1v) is 6.60. The van der Waals surface area contributed by atoms with Crippen LogP contribution in [0.4, 0.5) is 15.8 Å². The first-order chi connectivity index (χ1) is 11.0. The van der Waals surface area contributed by atoms with E-state index in [1.165, 1.54) is 48.7 Å². The van der Waals surface area contributed by atoms with Crippen LogP contribution < -0.4 is 10.7 Å². The number of non-ortho nitro benzene ring substituents is 1. The number of hydrogen-bond acceptors (Lipinski definition) is 5. The van der Waals surface area contributed by atoms with E-state index in [-0.39, 0.29) is 18.0 Å². The van der Waals surface area contributed by atoms with Crippen LogP contribution in [-0.2, 0) is 4.79 Å². The smallest absolute Gasteiger partial charge is 0.270 e. The topological polar surface area (TPSA) is 96.6 Å². The van der Waals surface area contributed by atoms with E-state index in [2.05, 4.69) is 15.8 Å². The highest BCUT2D eigenvalue weighted by molar-refractivity contribution is 5.84. The van der Waals surface area contributed by atoms with Gasteiger partial charge in [-0.3, -0.25) is 14.9 Å². The van der Waals surface area contributed by atoms with E-state index in [4.69, 9.17) is 0 Å². The van der Waals surface area contributed by atoms with Crippen LogP contribution in [0.15, 0.2) is 53.6 Å². The molecule has 0 atom stereocenters. The minimum atomic E-state index is -0.511. The largest absolute Gasteiger partial charge is 0.376 e. The molecule has 0 aliphatic rings. The second-order valence-electron chi connectivity index (χ2n) is 4.51. The van der Waals surface area contributed by atoms with Crippen molar-refractivity contribution < 1.29 is 14.1 Å². The van der Waals surface area contributed by atoms with Crippen LogP contribution in [0, 0.1) is 15.9 Å². The van der Waals surface area contributed by atoms with Crippen molar-refractivity contribution in [3.05, 3.63) is 70.0 Å². The van der Waals surface area contributed by atoms with E-state index >= 15 is 0 Å². The lowest BCUT2D eigenvalue weighted by Gasteiger charge is -2.04. The third-order valence-electron chi connectivity index (χ3n) is 2.78. The zero-order chi connectivity index (χ0) is 16.7. The normalized spacial score (nSPS) is 10.5. The average molecular weight is 316 g/mol. The van der Waals surface area contributed by atoms with Crippen LogP contribution in [-0.4, -0.2) is 23.6 Å². The SMILES string of the molecule is O=C(CNc1ccc(F)cc1)N/N=C\c1cccc([N+](=O)[O-])c1.